The monoisotopic (exact) mass is 232 g/mol. The minimum atomic E-state index is -0.955. The lowest BCUT2D eigenvalue weighted by atomic mass is 10.2. The molecule has 0 saturated carbocycles. The zero-order chi connectivity index (χ0) is 11.6. The van der Waals surface area contributed by atoms with Gasteiger partial charge in [0.25, 0.3) is 0 Å². The lowest BCUT2D eigenvalue weighted by Crippen LogP contribution is -2.51. The summed E-state index contributed by atoms with van der Waals surface area (Å²) in [7, 11) is 0. The van der Waals surface area contributed by atoms with Gasteiger partial charge in [0.1, 0.15) is 6.04 Å². The topological polar surface area (TPSA) is 83.6 Å². The fraction of sp³-hybridized carbons (Fsp3) is 0.778. The number of carbonyl (C=O) groups is 2. The third-order valence-corrected chi connectivity index (χ3v) is 3.74. The van der Waals surface area contributed by atoms with Crippen molar-refractivity contribution in [2.24, 2.45) is 5.73 Å². The van der Waals surface area contributed by atoms with Gasteiger partial charge in [-0.05, 0) is 13.3 Å². The Morgan fingerprint density at radius 2 is 2.27 bits per heavy atom. The largest absolute Gasteiger partial charge is 0.480 e. The lowest BCUT2D eigenvalue weighted by molar-refractivity contribution is -0.149. The van der Waals surface area contributed by atoms with Crippen LogP contribution in [0, 0.1) is 0 Å². The van der Waals surface area contributed by atoms with E-state index in [1.165, 1.54) is 16.7 Å². The molecule has 1 aliphatic rings. The molecule has 5 nitrogen and oxygen atoms in total. The Labute approximate surface area is 93.0 Å². The molecule has 1 heterocycles. The number of amides is 1. The predicted molar refractivity (Wildman–Crippen MR) is 58.5 cm³/mol. The van der Waals surface area contributed by atoms with Gasteiger partial charge in [-0.15, -0.1) is 11.8 Å². The predicted octanol–water partition coefficient (Wildman–Crippen LogP) is 0.0983. The molecule has 0 radical (unpaired) electrons. The number of carbonyl (C=O) groups excluding carboxylic acids is 1. The highest BCUT2D eigenvalue weighted by atomic mass is 32.2. The summed E-state index contributed by atoms with van der Waals surface area (Å²) in [6, 6.07) is -1.32. The Morgan fingerprint density at radius 3 is 2.73 bits per heavy atom. The first-order valence-electron chi connectivity index (χ1n) is 4.91. The van der Waals surface area contributed by atoms with Crippen LogP contribution in [-0.4, -0.2) is 45.1 Å². The fourth-order valence-corrected chi connectivity index (χ4v) is 2.71. The van der Waals surface area contributed by atoms with Crippen LogP contribution in [0.1, 0.15) is 20.3 Å². The molecule has 0 spiro atoms. The zero-order valence-electron chi connectivity index (χ0n) is 8.84. The number of hydrogen-bond donors (Lipinski definition) is 2. The second-order valence-electron chi connectivity index (χ2n) is 3.55. The molecule has 0 aromatic carbocycles. The summed E-state index contributed by atoms with van der Waals surface area (Å²) in [4.78, 5) is 24.1. The van der Waals surface area contributed by atoms with Gasteiger partial charge in [0.2, 0.25) is 5.91 Å². The van der Waals surface area contributed by atoms with Gasteiger partial charge in [-0.2, -0.15) is 0 Å². The van der Waals surface area contributed by atoms with Crippen molar-refractivity contribution < 1.29 is 14.7 Å². The number of nitrogens with zero attached hydrogens (tertiary/aromatic N) is 1. The Bertz CT molecular complexity index is 272. The summed E-state index contributed by atoms with van der Waals surface area (Å²) < 4.78 is 0. The normalized spacial score (nSPS) is 27.8. The van der Waals surface area contributed by atoms with Gasteiger partial charge in [0.15, 0.2) is 0 Å². The van der Waals surface area contributed by atoms with Crippen LogP contribution >= 0.6 is 11.8 Å². The first kappa shape index (κ1) is 12.3. The fourth-order valence-electron chi connectivity index (χ4n) is 1.53. The average molecular weight is 232 g/mol. The smallest absolute Gasteiger partial charge is 0.327 e. The van der Waals surface area contributed by atoms with Gasteiger partial charge in [0.05, 0.1) is 11.4 Å². The summed E-state index contributed by atoms with van der Waals surface area (Å²) >= 11 is 1.47. The molecule has 2 unspecified atom stereocenters. The molecular formula is C9H16N2O3S. The third-order valence-electron chi connectivity index (χ3n) is 2.52. The minimum Gasteiger partial charge on any atom is -0.480 e. The van der Waals surface area contributed by atoms with Crippen LogP contribution < -0.4 is 5.73 Å². The molecule has 1 rings (SSSR count). The minimum absolute atomic E-state index is 0.101. The maximum absolute atomic E-state index is 11.8. The molecule has 3 N–H and O–H groups in total. The number of nitrogens with two attached hydrogens (primary N) is 1. The zero-order valence-corrected chi connectivity index (χ0v) is 9.66. The van der Waals surface area contributed by atoms with Crippen LogP contribution in [0.4, 0.5) is 0 Å². The number of aliphatic carboxylic acids is 1. The molecule has 0 aliphatic carbocycles. The van der Waals surface area contributed by atoms with Crippen molar-refractivity contribution in [2.45, 2.75) is 37.7 Å². The van der Waals surface area contributed by atoms with Crippen molar-refractivity contribution in [1.82, 2.24) is 4.90 Å². The molecule has 1 saturated heterocycles. The van der Waals surface area contributed by atoms with Crippen LogP contribution in [0.3, 0.4) is 0 Å². The highest BCUT2D eigenvalue weighted by molar-refractivity contribution is 8.00. The molecule has 0 bridgehead atoms. The molecule has 0 aromatic rings. The first-order valence-corrected chi connectivity index (χ1v) is 5.96. The molecule has 15 heavy (non-hydrogen) atoms. The highest BCUT2D eigenvalue weighted by Gasteiger charge is 2.40. The van der Waals surface area contributed by atoms with Crippen molar-refractivity contribution in [3.05, 3.63) is 0 Å². The van der Waals surface area contributed by atoms with E-state index in [9.17, 15) is 9.59 Å². The number of rotatable bonds is 3. The van der Waals surface area contributed by atoms with E-state index in [0.717, 1.165) is 0 Å². The van der Waals surface area contributed by atoms with Gasteiger partial charge < -0.3 is 15.7 Å². The van der Waals surface area contributed by atoms with E-state index in [1.807, 2.05) is 13.8 Å². The van der Waals surface area contributed by atoms with Crippen LogP contribution in [0.5, 0.6) is 0 Å². The van der Waals surface area contributed by atoms with E-state index in [4.69, 9.17) is 10.8 Å². The van der Waals surface area contributed by atoms with Gasteiger partial charge in [-0.3, -0.25) is 4.79 Å². The summed E-state index contributed by atoms with van der Waals surface area (Å²) in [5.74, 6) is -0.774. The Hall–Kier alpha value is -0.750. The van der Waals surface area contributed by atoms with E-state index in [-0.39, 0.29) is 11.3 Å². The molecule has 0 aromatic heterocycles. The molecule has 1 aliphatic heterocycles. The standard InChI is InChI=1S/C9H16N2O3S/c1-3-6(10)8(12)11-5(2)15-4-7(11)9(13)14/h5-7H,3-4,10H2,1-2H3,(H,13,14)/t5?,6-,7?/m0/s1. The molecule has 3 atom stereocenters. The quantitative estimate of drug-likeness (QED) is 0.721. The Balaban J connectivity index is 2.80. The molecule has 6 heteroatoms. The summed E-state index contributed by atoms with van der Waals surface area (Å²) in [5, 5.41) is 8.86. The number of carboxylic acid groups (broad SMARTS) is 1. The second-order valence-corrected chi connectivity index (χ2v) is 4.90. The van der Waals surface area contributed by atoms with Crippen molar-refractivity contribution in [1.29, 1.82) is 0 Å². The molecule has 1 fully saturated rings. The first-order chi connectivity index (χ1) is 6.99. The summed E-state index contributed by atoms with van der Waals surface area (Å²) in [5.41, 5.74) is 5.63. The lowest BCUT2D eigenvalue weighted by Gasteiger charge is -2.27. The van der Waals surface area contributed by atoms with Crippen molar-refractivity contribution >= 4 is 23.6 Å². The van der Waals surface area contributed by atoms with Crippen LogP contribution in [0.2, 0.25) is 0 Å². The van der Waals surface area contributed by atoms with E-state index < -0.39 is 18.1 Å². The number of hydrogen-bond acceptors (Lipinski definition) is 4. The van der Waals surface area contributed by atoms with Crippen molar-refractivity contribution in [3.8, 4) is 0 Å². The average Bonchev–Trinajstić information content (AvgIpc) is 2.58. The maximum atomic E-state index is 11.8. The van der Waals surface area contributed by atoms with Gasteiger partial charge in [-0.1, -0.05) is 6.92 Å². The van der Waals surface area contributed by atoms with E-state index in [0.29, 0.717) is 12.2 Å². The van der Waals surface area contributed by atoms with E-state index in [1.54, 1.807) is 0 Å². The van der Waals surface area contributed by atoms with Gasteiger partial charge in [-0.25, -0.2) is 4.79 Å². The SMILES string of the molecule is CC[C@H](N)C(=O)N1C(C)SCC1C(=O)O. The molecule has 86 valence electrons. The van der Waals surface area contributed by atoms with Crippen molar-refractivity contribution in [2.75, 3.05) is 5.75 Å². The Kier molecular flexibility index (Phi) is 3.98. The highest BCUT2D eigenvalue weighted by Crippen LogP contribution is 2.29. The van der Waals surface area contributed by atoms with E-state index >= 15 is 0 Å². The van der Waals surface area contributed by atoms with E-state index in [2.05, 4.69) is 0 Å². The number of carboxylic acids is 1. The second kappa shape index (κ2) is 4.85. The number of thioether (sulfide) groups is 1. The third kappa shape index (κ3) is 2.43. The van der Waals surface area contributed by atoms with Crippen molar-refractivity contribution in [3.63, 3.8) is 0 Å². The Morgan fingerprint density at radius 1 is 1.67 bits per heavy atom. The molecule has 1 amide bonds. The summed E-state index contributed by atoms with van der Waals surface area (Å²) in [6.45, 7) is 3.64. The maximum Gasteiger partial charge on any atom is 0.327 e. The van der Waals surface area contributed by atoms with Crippen LogP contribution in [0.15, 0.2) is 0 Å². The summed E-state index contributed by atoms with van der Waals surface area (Å²) in [6.07, 6.45) is 0.527. The van der Waals surface area contributed by atoms with Gasteiger partial charge in [0, 0.05) is 5.75 Å². The van der Waals surface area contributed by atoms with Gasteiger partial charge >= 0.3 is 5.97 Å². The van der Waals surface area contributed by atoms with Crippen LogP contribution in [-0.2, 0) is 9.59 Å². The van der Waals surface area contributed by atoms with Crippen LogP contribution in [0.25, 0.3) is 0 Å². The molecular weight excluding hydrogens is 216 g/mol.